The Morgan fingerprint density at radius 2 is 1.74 bits per heavy atom. The number of rotatable bonds is 4. The van der Waals surface area contributed by atoms with Crippen LogP contribution in [0.5, 0.6) is 0 Å². The summed E-state index contributed by atoms with van der Waals surface area (Å²) >= 11 is 0. The predicted octanol–water partition coefficient (Wildman–Crippen LogP) is 3.78. The number of aryl methyl sites for hydroxylation is 1. The van der Waals surface area contributed by atoms with Crippen LogP contribution in [-0.2, 0) is 10.0 Å². The van der Waals surface area contributed by atoms with Crippen LogP contribution in [0.15, 0.2) is 59.6 Å². The van der Waals surface area contributed by atoms with E-state index in [1.54, 1.807) is 55.5 Å². The van der Waals surface area contributed by atoms with E-state index in [0.717, 1.165) is 10.9 Å². The van der Waals surface area contributed by atoms with E-state index in [9.17, 15) is 13.2 Å². The standard InChI is InChI=1S/C18H17NO3S/c1-3-18(20)15-6-9-17-14(12-15)10-11-19(17)23(21,22)16-7-4-13(2)5-8-16/h4-12H,3H2,1-2H3. The lowest BCUT2D eigenvalue weighted by Crippen LogP contribution is -2.11. The minimum Gasteiger partial charge on any atom is -0.294 e. The van der Waals surface area contributed by atoms with Gasteiger partial charge in [-0.1, -0.05) is 24.6 Å². The van der Waals surface area contributed by atoms with Gasteiger partial charge in [-0.05, 0) is 43.3 Å². The lowest BCUT2D eigenvalue weighted by molar-refractivity contribution is 0.0988. The summed E-state index contributed by atoms with van der Waals surface area (Å²) in [6, 6.07) is 13.6. The fourth-order valence-corrected chi connectivity index (χ4v) is 3.88. The van der Waals surface area contributed by atoms with Crippen molar-refractivity contribution >= 4 is 26.7 Å². The summed E-state index contributed by atoms with van der Waals surface area (Å²) in [7, 11) is -3.65. The van der Waals surface area contributed by atoms with Gasteiger partial charge >= 0.3 is 0 Å². The van der Waals surface area contributed by atoms with Crippen molar-refractivity contribution in [1.82, 2.24) is 3.97 Å². The van der Waals surface area contributed by atoms with E-state index in [1.165, 1.54) is 10.2 Å². The minimum atomic E-state index is -3.65. The molecule has 3 rings (SSSR count). The summed E-state index contributed by atoms with van der Waals surface area (Å²) in [6.45, 7) is 3.72. The average Bonchev–Trinajstić information content (AvgIpc) is 2.98. The summed E-state index contributed by atoms with van der Waals surface area (Å²) in [5.41, 5.74) is 2.17. The molecule has 0 aliphatic rings. The highest BCUT2D eigenvalue weighted by Gasteiger charge is 2.19. The molecule has 3 aromatic rings. The number of nitrogens with zero attached hydrogens (tertiary/aromatic N) is 1. The SMILES string of the molecule is CCC(=O)c1ccc2c(ccn2S(=O)(=O)c2ccc(C)cc2)c1. The van der Waals surface area contributed by atoms with Crippen molar-refractivity contribution in [1.29, 1.82) is 0 Å². The first-order chi connectivity index (χ1) is 10.9. The molecule has 1 aromatic heterocycles. The fourth-order valence-electron chi connectivity index (χ4n) is 2.53. The van der Waals surface area contributed by atoms with E-state index in [0.29, 0.717) is 17.5 Å². The molecular weight excluding hydrogens is 310 g/mol. The molecule has 5 heteroatoms. The van der Waals surface area contributed by atoms with Crippen molar-refractivity contribution in [3.8, 4) is 0 Å². The van der Waals surface area contributed by atoms with E-state index in [2.05, 4.69) is 0 Å². The third-order valence-electron chi connectivity index (χ3n) is 3.88. The van der Waals surface area contributed by atoms with Gasteiger partial charge in [0.05, 0.1) is 10.4 Å². The number of benzene rings is 2. The molecule has 0 fully saturated rings. The van der Waals surface area contributed by atoms with Gasteiger partial charge in [0.1, 0.15) is 0 Å². The Morgan fingerprint density at radius 3 is 2.39 bits per heavy atom. The maximum absolute atomic E-state index is 12.8. The summed E-state index contributed by atoms with van der Waals surface area (Å²) < 4.78 is 26.8. The molecule has 0 saturated heterocycles. The van der Waals surface area contributed by atoms with E-state index < -0.39 is 10.0 Å². The summed E-state index contributed by atoms with van der Waals surface area (Å²) in [6.07, 6.45) is 1.95. The Kier molecular flexibility index (Phi) is 3.82. The third kappa shape index (κ3) is 2.68. The highest BCUT2D eigenvalue weighted by molar-refractivity contribution is 7.90. The number of ketones is 1. The van der Waals surface area contributed by atoms with Gasteiger partial charge in [-0.3, -0.25) is 4.79 Å². The van der Waals surface area contributed by atoms with Gasteiger partial charge in [0.15, 0.2) is 5.78 Å². The highest BCUT2D eigenvalue weighted by atomic mass is 32.2. The van der Waals surface area contributed by atoms with Crippen LogP contribution in [0.2, 0.25) is 0 Å². The second kappa shape index (κ2) is 5.66. The Labute approximate surface area is 135 Å². The zero-order valence-corrected chi connectivity index (χ0v) is 13.8. The molecular formula is C18H17NO3S. The van der Waals surface area contributed by atoms with Crippen molar-refractivity contribution in [3.63, 3.8) is 0 Å². The Bertz CT molecular complexity index is 983. The van der Waals surface area contributed by atoms with Crippen molar-refractivity contribution in [2.75, 3.05) is 0 Å². The van der Waals surface area contributed by atoms with Crippen molar-refractivity contribution in [2.45, 2.75) is 25.2 Å². The Hall–Kier alpha value is -2.40. The summed E-state index contributed by atoms with van der Waals surface area (Å²) in [5, 5.41) is 0.736. The number of Topliss-reactive ketones (excluding diaryl/α,β-unsaturated/α-hetero) is 1. The first kappa shape index (κ1) is 15.5. The van der Waals surface area contributed by atoms with E-state index in [1.807, 2.05) is 6.92 Å². The first-order valence-electron chi connectivity index (χ1n) is 7.40. The molecule has 2 aromatic carbocycles. The summed E-state index contributed by atoms with van der Waals surface area (Å²) in [5.74, 6) is 0.0426. The second-order valence-corrected chi connectivity index (χ2v) is 7.29. The first-order valence-corrected chi connectivity index (χ1v) is 8.84. The number of hydrogen-bond donors (Lipinski definition) is 0. The van der Waals surface area contributed by atoms with Crippen molar-refractivity contribution in [3.05, 3.63) is 65.9 Å². The van der Waals surface area contributed by atoms with E-state index >= 15 is 0 Å². The molecule has 0 aliphatic heterocycles. The van der Waals surface area contributed by atoms with Crippen LogP contribution in [0.4, 0.5) is 0 Å². The number of hydrogen-bond acceptors (Lipinski definition) is 3. The topological polar surface area (TPSA) is 56.1 Å². The van der Waals surface area contributed by atoms with Gasteiger partial charge in [0, 0.05) is 23.6 Å². The van der Waals surface area contributed by atoms with Crippen LogP contribution in [0.3, 0.4) is 0 Å². The zero-order chi connectivity index (χ0) is 16.6. The van der Waals surface area contributed by atoms with Crippen LogP contribution in [0, 0.1) is 6.92 Å². The largest absolute Gasteiger partial charge is 0.294 e. The zero-order valence-electron chi connectivity index (χ0n) is 13.0. The Morgan fingerprint density at radius 1 is 1.04 bits per heavy atom. The van der Waals surface area contributed by atoms with Gasteiger partial charge in [-0.15, -0.1) is 0 Å². The molecule has 0 bridgehead atoms. The fraction of sp³-hybridized carbons (Fsp3) is 0.167. The molecule has 0 spiro atoms. The molecule has 0 aliphatic carbocycles. The monoisotopic (exact) mass is 327 g/mol. The molecule has 0 saturated carbocycles. The van der Waals surface area contributed by atoms with Crippen molar-refractivity contribution < 1.29 is 13.2 Å². The molecule has 0 radical (unpaired) electrons. The molecule has 0 N–H and O–H groups in total. The van der Waals surface area contributed by atoms with E-state index in [4.69, 9.17) is 0 Å². The molecule has 0 amide bonds. The van der Waals surface area contributed by atoms with Gasteiger partial charge < -0.3 is 0 Å². The second-order valence-electron chi connectivity index (χ2n) is 5.48. The van der Waals surface area contributed by atoms with Crippen molar-refractivity contribution in [2.24, 2.45) is 0 Å². The minimum absolute atomic E-state index is 0.0426. The third-order valence-corrected chi connectivity index (χ3v) is 5.58. The van der Waals surface area contributed by atoms with Crippen LogP contribution >= 0.6 is 0 Å². The smallest absolute Gasteiger partial charge is 0.268 e. The Balaban J connectivity index is 2.13. The number of carbonyl (C=O) groups is 1. The summed E-state index contributed by atoms with van der Waals surface area (Å²) in [4.78, 5) is 12.0. The lowest BCUT2D eigenvalue weighted by Gasteiger charge is -2.08. The van der Waals surface area contributed by atoms with Crippen LogP contribution < -0.4 is 0 Å². The molecule has 0 unspecified atom stereocenters. The predicted molar refractivity (Wildman–Crippen MR) is 90.3 cm³/mol. The highest BCUT2D eigenvalue weighted by Crippen LogP contribution is 2.24. The van der Waals surface area contributed by atoms with E-state index in [-0.39, 0.29) is 10.7 Å². The van der Waals surface area contributed by atoms with Gasteiger partial charge in [-0.25, -0.2) is 12.4 Å². The lowest BCUT2D eigenvalue weighted by atomic mass is 10.1. The van der Waals surface area contributed by atoms with Gasteiger partial charge in [-0.2, -0.15) is 0 Å². The van der Waals surface area contributed by atoms with Crippen LogP contribution in [0.25, 0.3) is 10.9 Å². The molecule has 0 atom stereocenters. The maximum atomic E-state index is 12.8. The van der Waals surface area contributed by atoms with Crippen LogP contribution in [0.1, 0.15) is 29.3 Å². The number of aromatic nitrogens is 1. The number of carbonyl (C=O) groups excluding carboxylic acids is 1. The number of fused-ring (bicyclic) bond motifs is 1. The molecule has 118 valence electrons. The molecule has 1 heterocycles. The van der Waals surface area contributed by atoms with Crippen LogP contribution in [-0.4, -0.2) is 18.2 Å². The average molecular weight is 327 g/mol. The van der Waals surface area contributed by atoms with Gasteiger partial charge in [0.2, 0.25) is 0 Å². The molecule has 4 nitrogen and oxygen atoms in total. The van der Waals surface area contributed by atoms with Gasteiger partial charge in [0.25, 0.3) is 10.0 Å². The molecule has 23 heavy (non-hydrogen) atoms. The normalized spacial score (nSPS) is 11.7. The quantitative estimate of drug-likeness (QED) is 0.685. The maximum Gasteiger partial charge on any atom is 0.268 e.